The number of hydrogen-bond donors (Lipinski definition) is 0. The Balaban J connectivity index is 1.89. The Bertz CT molecular complexity index is 819. The summed E-state index contributed by atoms with van der Waals surface area (Å²) in [4.78, 5) is 0. The highest BCUT2D eigenvalue weighted by Gasteiger charge is 2.38. The van der Waals surface area contributed by atoms with Crippen molar-refractivity contribution in [2.45, 2.75) is 32.1 Å². The minimum absolute atomic E-state index is 0.0619. The third kappa shape index (κ3) is 2.15. The molecule has 116 valence electrons. The minimum atomic E-state index is 0.0619. The second kappa shape index (κ2) is 5.13. The number of hydrogen-bond acceptors (Lipinski definition) is 1. The molecule has 2 aliphatic carbocycles. The lowest BCUT2D eigenvalue weighted by molar-refractivity contribution is 0.415. The zero-order valence-corrected chi connectivity index (χ0v) is 14.0. The number of methoxy groups -OCH3 is 1. The molecule has 2 aromatic rings. The maximum Gasteiger partial charge on any atom is 0.118 e. The molecule has 0 spiro atoms. The quantitative estimate of drug-likeness (QED) is 0.700. The fraction of sp³-hybridized carbons (Fsp3) is 0.273. The lowest BCUT2D eigenvalue weighted by Gasteiger charge is -2.35. The molecule has 0 aliphatic heterocycles. The van der Waals surface area contributed by atoms with Gasteiger partial charge in [-0.3, -0.25) is 0 Å². The fourth-order valence-corrected chi connectivity index (χ4v) is 4.22. The van der Waals surface area contributed by atoms with E-state index in [1.54, 1.807) is 7.11 Å². The molecule has 0 saturated heterocycles. The minimum Gasteiger partial charge on any atom is -0.497 e. The molecule has 4 rings (SSSR count). The van der Waals surface area contributed by atoms with Crippen molar-refractivity contribution >= 4 is 11.6 Å². The first kappa shape index (κ1) is 14.3. The normalized spacial score (nSPS) is 18.3. The van der Waals surface area contributed by atoms with Gasteiger partial charge >= 0.3 is 0 Å². The van der Waals surface area contributed by atoms with Crippen LogP contribution >= 0.6 is 0 Å². The molecule has 0 amide bonds. The van der Waals surface area contributed by atoms with Crippen molar-refractivity contribution in [2.24, 2.45) is 0 Å². The number of fused-ring (bicyclic) bond motifs is 2. The van der Waals surface area contributed by atoms with Crippen LogP contribution in [0.5, 0.6) is 5.75 Å². The number of rotatable bonds is 2. The predicted octanol–water partition coefficient (Wildman–Crippen LogP) is 5.62. The fourth-order valence-electron chi connectivity index (χ4n) is 4.22. The van der Waals surface area contributed by atoms with Crippen molar-refractivity contribution in [2.75, 3.05) is 7.11 Å². The first-order chi connectivity index (χ1) is 11.1. The van der Waals surface area contributed by atoms with Gasteiger partial charge in [0.05, 0.1) is 7.11 Å². The predicted molar refractivity (Wildman–Crippen MR) is 96.6 cm³/mol. The summed E-state index contributed by atoms with van der Waals surface area (Å²) >= 11 is 0. The van der Waals surface area contributed by atoms with Crippen LogP contribution in [0.2, 0.25) is 0 Å². The topological polar surface area (TPSA) is 9.23 Å². The summed E-state index contributed by atoms with van der Waals surface area (Å²) in [6, 6.07) is 17.3. The summed E-state index contributed by atoms with van der Waals surface area (Å²) in [5, 5.41) is 0. The summed E-state index contributed by atoms with van der Waals surface area (Å²) in [6.45, 7) is 4.73. The molecule has 0 heterocycles. The Morgan fingerprint density at radius 3 is 2.39 bits per heavy atom. The van der Waals surface area contributed by atoms with Gasteiger partial charge in [0.1, 0.15) is 5.75 Å². The van der Waals surface area contributed by atoms with Crippen LogP contribution in [0, 0.1) is 0 Å². The maximum atomic E-state index is 5.30. The third-order valence-corrected chi connectivity index (χ3v) is 5.29. The highest BCUT2D eigenvalue weighted by atomic mass is 16.5. The van der Waals surface area contributed by atoms with Gasteiger partial charge < -0.3 is 4.74 Å². The van der Waals surface area contributed by atoms with E-state index in [1.807, 2.05) is 0 Å². The molecule has 0 N–H and O–H groups in total. The highest BCUT2D eigenvalue weighted by molar-refractivity contribution is 5.85. The molecule has 2 aliphatic rings. The summed E-state index contributed by atoms with van der Waals surface area (Å²) < 4.78 is 5.30. The van der Waals surface area contributed by atoms with Crippen LogP contribution in [0.1, 0.15) is 43.4 Å². The van der Waals surface area contributed by atoms with Gasteiger partial charge in [-0.2, -0.15) is 0 Å². The first-order valence-electron chi connectivity index (χ1n) is 8.30. The van der Waals surface area contributed by atoms with Crippen molar-refractivity contribution in [1.82, 2.24) is 0 Å². The molecular weight excluding hydrogens is 280 g/mol. The van der Waals surface area contributed by atoms with Crippen molar-refractivity contribution in [3.8, 4) is 5.75 Å². The molecule has 0 unspecified atom stereocenters. The van der Waals surface area contributed by atoms with E-state index in [9.17, 15) is 0 Å². The standard InChI is InChI=1S/C22H22O/c1-22(2)20-7-5-4-6-16(20)14-17-10-13-19(21(17)22)15-8-11-18(23-3)12-9-15/h4-9,11-12,14H,10,13H2,1-3H3. The molecule has 1 nitrogen and oxygen atoms in total. The Labute approximate surface area is 138 Å². The first-order valence-corrected chi connectivity index (χ1v) is 8.30. The van der Waals surface area contributed by atoms with Gasteiger partial charge in [-0.25, -0.2) is 0 Å². The van der Waals surface area contributed by atoms with Gasteiger partial charge in [0.15, 0.2) is 0 Å². The molecule has 0 fully saturated rings. The molecule has 0 aromatic heterocycles. The van der Waals surface area contributed by atoms with E-state index in [0.29, 0.717) is 0 Å². The Hall–Kier alpha value is -2.28. The Kier molecular flexibility index (Phi) is 3.19. The zero-order chi connectivity index (χ0) is 16.0. The van der Waals surface area contributed by atoms with Gasteiger partial charge in [0.25, 0.3) is 0 Å². The smallest absolute Gasteiger partial charge is 0.118 e. The monoisotopic (exact) mass is 302 g/mol. The summed E-state index contributed by atoms with van der Waals surface area (Å²) in [5.41, 5.74) is 8.75. The van der Waals surface area contributed by atoms with E-state index in [0.717, 1.165) is 18.6 Å². The average molecular weight is 302 g/mol. The molecule has 0 saturated carbocycles. The SMILES string of the molecule is COc1ccc(C2=C3C(=Cc4ccccc4C3(C)C)CC2)cc1. The molecule has 23 heavy (non-hydrogen) atoms. The van der Waals surface area contributed by atoms with Gasteiger partial charge in [0, 0.05) is 5.41 Å². The van der Waals surface area contributed by atoms with Crippen LogP contribution in [0.4, 0.5) is 0 Å². The number of allylic oxidation sites excluding steroid dienone is 3. The van der Waals surface area contributed by atoms with E-state index < -0.39 is 0 Å². The van der Waals surface area contributed by atoms with Crippen LogP contribution in [0.3, 0.4) is 0 Å². The van der Waals surface area contributed by atoms with Crippen LogP contribution in [0.25, 0.3) is 11.6 Å². The Morgan fingerprint density at radius 1 is 0.913 bits per heavy atom. The van der Waals surface area contributed by atoms with E-state index in [1.165, 1.54) is 33.4 Å². The molecular formula is C22H22O. The third-order valence-electron chi connectivity index (χ3n) is 5.29. The van der Waals surface area contributed by atoms with Crippen molar-refractivity contribution in [3.63, 3.8) is 0 Å². The average Bonchev–Trinajstić information content (AvgIpc) is 3.00. The van der Waals surface area contributed by atoms with Crippen LogP contribution in [-0.4, -0.2) is 7.11 Å². The van der Waals surface area contributed by atoms with E-state index in [-0.39, 0.29) is 5.41 Å². The van der Waals surface area contributed by atoms with E-state index in [4.69, 9.17) is 4.74 Å². The molecule has 1 heteroatoms. The number of benzene rings is 2. The van der Waals surface area contributed by atoms with Gasteiger partial charge in [-0.1, -0.05) is 56.3 Å². The van der Waals surface area contributed by atoms with Crippen molar-refractivity contribution in [3.05, 3.63) is 76.4 Å². The lowest BCUT2D eigenvalue weighted by atomic mass is 9.69. The van der Waals surface area contributed by atoms with E-state index in [2.05, 4.69) is 68.5 Å². The summed E-state index contributed by atoms with van der Waals surface area (Å²) in [6.07, 6.45) is 4.67. The van der Waals surface area contributed by atoms with Crippen LogP contribution in [-0.2, 0) is 5.41 Å². The maximum absolute atomic E-state index is 5.30. The highest BCUT2D eigenvalue weighted by Crippen LogP contribution is 2.52. The number of ether oxygens (including phenoxy) is 1. The van der Waals surface area contributed by atoms with Gasteiger partial charge in [0.2, 0.25) is 0 Å². The van der Waals surface area contributed by atoms with Crippen molar-refractivity contribution in [1.29, 1.82) is 0 Å². The van der Waals surface area contributed by atoms with Crippen LogP contribution in [0.15, 0.2) is 59.7 Å². The van der Waals surface area contributed by atoms with E-state index >= 15 is 0 Å². The largest absolute Gasteiger partial charge is 0.497 e. The van der Waals surface area contributed by atoms with Crippen LogP contribution < -0.4 is 4.74 Å². The summed E-state index contributed by atoms with van der Waals surface area (Å²) in [5.74, 6) is 0.918. The van der Waals surface area contributed by atoms with Gasteiger partial charge in [-0.05, 0) is 58.4 Å². The Morgan fingerprint density at radius 2 is 1.65 bits per heavy atom. The molecule has 0 atom stereocenters. The zero-order valence-electron chi connectivity index (χ0n) is 14.0. The summed E-state index contributed by atoms with van der Waals surface area (Å²) in [7, 11) is 1.72. The van der Waals surface area contributed by atoms with Crippen molar-refractivity contribution < 1.29 is 4.74 Å². The molecule has 2 aromatic carbocycles. The second-order valence-electron chi connectivity index (χ2n) is 6.96. The lowest BCUT2D eigenvalue weighted by Crippen LogP contribution is -2.25. The molecule has 0 radical (unpaired) electrons. The second-order valence-corrected chi connectivity index (χ2v) is 6.96. The molecule has 0 bridgehead atoms. The van der Waals surface area contributed by atoms with Gasteiger partial charge in [-0.15, -0.1) is 0 Å².